The fourth-order valence-corrected chi connectivity index (χ4v) is 3.62. The first-order valence-corrected chi connectivity index (χ1v) is 8.66. The second-order valence-electron chi connectivity index (χ2n) is 6.90. The fourth-order valence-electron chi connectivity index (χ4n) is 3.62. The van der Waals surface area contributed by atoms with Gasteiger partial charge in [-0.3, -0.25) is 4.79 Å². The number of halogens is 1. The monoisotopic (exact) mass is 336 g/mol. The normalized spacial score (nSPS) is 28.0. The quantitative estimate of drug-likeness (QED) is 0.884. The van der Waals surface area contributed by atoms with Crippen molar-refractivity contribution in [3.8, 4) is 5.75 Å². The molecule has 5 nitrogen and oxygen atoms in total. The van der Waals surface area contributed by atoms with Crippen LogP contribution in [0.15, 0.2) is 18.2 Å². The van der Waals surface area contributed by atoms with Gasteiger partial charge in [0.1, 0.15) is 11.6 Å². The summed E-state index contributed by atoms with van der Waals surface area (Å²) in [6, 6.07) is 3.44. The van der Waals surface area contributed by atoms with E-state index in [0.717, 1.165) is 57.6 Å². The standard InChI is InChI=1S/C18H25FN2O3/c1-12-10-21(11-14-3-2-8-24-14)7-6-16(12)20-18(23)15-9-13(19)4-5-17(15)22/h4-5,9,12,14,16,22H,2-3,6-8,10-11H2,1H3,(H,20,23). The van der Waals surface area contributed by atoms with Crippen molar-refractivity contribution in [1.82, 2.24) is 10.2 Å². The van der Waals surface area contributed by atoms with Crippen molar-refractivity contribution in [2.45, 2.75) is 38.3 Å². The van der Waals surface area contributed by atoms with Crippen LogP contribution in [0, 0.1) is 11.7 Å². The Labute approximate surface area is 141 Å². The molecule has 2 fully saturated rings. The van der Waals surface area contributed by atoms with Crippen LogP contribution in [-0.4, -0.2) is 54.3 Å². The zero-order valence-corrected chi connectivity index (χ0v) is 14.0. The lowest BCUT2D eigenvalue weighted by molar-refractivity contribution is 0.0498. The number of piperidine rings is 1. The van der Waals surface area contributed by atoms with Gasteiger partial charge in [0.2, 0.25) is 0 Å². The molecule has 2 saturated heterocycles. The third-order valence-electron chi connectivity index (χ3n) is 4.99. The second-order valence-corrected chi connectivity index (χ2v) is 6.90. The molecule has 0 aliphatic carbocycles. The molecular formula is C18H25FN2O3. The summed E-state index contributed by atoms with van der Waals surface area (Å²) in [7, 11) is 0. The van der Waals surface area contributed by atoms with E-state index in [9.17, 15) is 14.3 Å². The molecule has 3 rings (SSSR count). The van der Waals surface area contributed by atoms with Crippen LogP contribution in [-0.2, 0) is 4.74 Å². The number of ether oxygens (including phenoxy) is 1. The Kier molecular flexibility index (Phi) is 5.36. The molecule has 2 N–H and O–H groups in total. The minimum absolute atomic E-state index is 0.0102. The van der Waals surface area contributed by atoms with Gasteiger partial charge in [0.15, 0.2) is 0 Å². The number of carbonyl (C=O) groups is 1. The number of rotatable bonds is 4. The van der Waals surface area contributed by atoms with Crippen molar-refractivity contribution in [1.29, 1.82) is 0 Å². The van der Waals surface area contributed by atoms with Gasteiger partial charge in [0, 0.05) is 32.3 Å². The lowest BCUT2D eigenvalue weighted by Gasteiger charge is -2.38. The average molecular weight is 336 g/mol. The maximum Gasteiger partial charge on any atom is 0.255 e. The molecule has 3 atom stereocenters. The van der Waals surface area contributed by atoms with Crippen molar-refractivity contribution in [3.63, 3.8) is 0 Å². The third-order valence-corrected chi connectivity index (χ3v) is 4.99. The summed E-state index contributed by atoms with van der Waals surface area (Å²) < 4.78 is 19.0. The van der Waals surface area contributed by atoms with E-state index in [1.165, 1.54) is 6.07 Å². The molecule has 0 saturated carbocycles. The van der Waals surface area contributed by atoms with Crippen LogP contribution in [0.25, 0.3) is 0 Å². The number of amides is 1. The van der Waals surface area contributed by atoms with E-state index in [0.29, 0.717) is 12.0 Å². The van der Waals surface area contributed by atoms with E-state index in [-0.39, 0.29) is 17.4 Å². The molecule has 0 radical (unpaired) electrons. The van der Waals surface area contributed by atoms with E-state index >= 15 is 0 Å². The maximum absolute atomic E-state index is 13.3. The number of nitrogens with one attached hydrogen (secondary N) is 1. The minimum atomic E-state index is -0.530. The van der Waals surface area contributed by atoms with Gasteiger partial charge in [0.05, 0.1) is 11.7 Å². The summed E-state index contributed by atoms with van der Waals surface area (Å²) in [6.45, 7) is 5.74. The summed E-state index contributed by atoms with van der Waals surface area (Å²) in [5.41, 5.74) is -0.0102. The molecule has 24 heavy (non-hydrogen) atoms. The predicted octanol–water partition coefficient (Wildman–Crippen LogP) is 2.15. The highest BCUT2D eigenvalue weighted by molar-refractivity contribution is 5.97. The zero-order valence-electron chi connectivity index (χ0n) is 14.0. The molecule has 0 spiro atoms. The van der Waals surface area contributed by atoms with Crippen LogP contribution in [0.1, 0.15) is 36.5 Å². The summed E-state index contributed by atoms with van der Waals surface area (Å²) in [6.07, 6.45) is 3.45. The average Bonchev–Trinajstić information content (AvgIpc) is 3.05. The Balaban J connectivity index is 1.54. The van der Waals surface area contributed by atoms with Crippen molar-refractivity contribution < 1.29 is 19.0 Å². The van der Waals surface area contributed by atoms with Crippen LogP contribution >= 0.6 is 0 Å². The molecule has 1 aromatic rings. The Hall–Kier alpha value is -1.66. The predicted molar refractivity (Wildman–Crippen MR) is 88.5 cm³/mol. The Morgan fingerprint density at radius 1 is 1.46 bits per heavy atom. The topological polar surface area (TPSA) is 61.8 Å². The van der Waals surface area contributed by atoms with Crippen molar-refractivity contribution in [2.24, 2.45) is 5.92 Å². The molecule has 132 valence electrons. The molecular weight excluding hydrogens is 311 g/mol. The van der Waals surface area contributed by atoms with E-state index in [2.05, 4.69) is 17.1 Å². The van der Waals surface area contributed by atoms with Crippen LogP contribution in [0.2, 0.25) is 0 Å². The molecule has 2 heterocycles. The summed E-state index contributed by atoms with van der Waals surface area (Å²) in [5.74, 6) is -0.856. The van der Waals surface area contributed by atoms with Gasteiger partial charge >= 0.3 is 0 Å². The Morgan fingerprint density at radius 3 is 3.00 bits per heavy atom. The second kappa shape index (κ2) is 7.49. The number of carbonyl (C=O) groups excluding carboxylic acids is 1. The van der Waals surface area contributed by atoms with Gasteiger partial charge in [-0.15, -0.1) is 0 Å². The molecule has 2 aliphatic rings. The number of aromatic hydroxyl groups is 1. The number of likely N-dealkylation sites (tertiary alicyclic amines) is 1. The van der Waals surface area contributed by atoms with Gasteiger partial charge in [-0.1, -0.05) is 6.92 Å². The third kappa shape index (κ3) is 4.05. The molecule has 0 bridgehead atoms. The van der Waals surface area contributed by atoms with Crippen LogP contribution < -0.4 is 5.32 Å². The van der Waals surface area contributed by atoms with Gasteiger partial charge in [-0.25, -0.2) is 4.39 Å². The van der Waals surface area contributed by atoms with Crippen molar-refractivity contribution in [3.05, 3.63) is 29.6 Å². The van der Waals surface area contributed by atoms with E-state index in [1.807, 2.05) is 0 Å². The lowest BCUT2D eigenvalue weighted by Crippen LogP contribution is -2.51. The van der Waals surface area contributed by atoms with E-state index in [4.69, 9.17) is 4.74 Å². The minimum Gasteiger partial charge on any atom is -0.507 e. The number of phenols is 1. The first-order valence-electron chi connectivity index (χ1n) is 8.66. The number of nitrogens with zero attached hydrogens (tertiary/aromatic N) is 1. The van der Waals surface area contributed by atoms with Crippen LogP contribution in [0.3, 0.4) is 0 Å². The molecule has 1 amide bonds. The number of hydrogen-bond acceptors (Lipinski definition) is 4. The summed E-state index contributed by atoms with van der Waals surface area (Å²) in [5, 5.41) is 12.7. The lowest BCUT2D eigenvalue weighted by atomic mass is 9.93. The van der Waals surface area contributed by atoms with Crippen molar-refractivity contribution >= 4 is 5.91 Å². The van der Waals surface area contributed by atoms with Gasteiger partial charge < -0.3 is 20.1 Å². The number of benzene rings is 1. The van der Waals surface area contributed by atoms with E-state index < -0.39 is 11.7 Å². The van der Waals surface area contributed by atoms with Crippen LogP contribution in [0.4, 0.5) is 4.39 Å². The van der Waals surface area contributed by atoms with Crippen LogP contribution in [0.5, 0.6) is 5.75 Å². The number of phenolic OH excluding ortho intramolecular Hbond substituents is 1. The first kappa shape index (κ1) is 17.2. The van der Waals surface area contributed by atoms with Gasteiger partial charge in [0.25, 0.3) is 5.91 Å². The molecule has 1 aromatic carbocycles. The first-order chi connectivity index (χ1) is 11.5. The van der Waals surface area contributed by atoms with Crippen molar-refractivity contribution in [2.75, 3.05) is 26.2 Å². The number of hydrogen-bond donors (Lipinski definition) is 2. The Bertz CT molecular complexity index is 590. The SMILES string of the molecule is CC1CN(CC2CCCO2)CCC1NC(=O)c1cc(F)ccc1O. The van der Waals surface area contributed by atoms with Gasteiger partial charge in [-0.05, 0) is 43.4 Å². The maximum atomic E-state index is 13.3. The molecule has 3 unspecified atom stereocenters. The molecule has 0 aromatic heterocycles. The smallest absolute Gasteiger partial charge is 0.255 e. The highest BCUT2D eigenvalue weighted by atomic mass is 19.1. The highest BCUT2D eigenvalue weighted by Gasteiger charge is 2.30. The molecule has 6 heteroatoms. The zero-order chi connectivity index (χ0) is 17.1. The van der Waals surface area contributed by atoms with Gasteiger partial charge in [-0.2, -0.15) is 0 Å². The largest absolute Gasteiger partial charge is 0.507 e. The highest BCUT2D eigenvalue weighted by Crippen LogP contribution is 2.22. The Morgan fingerprint density at radius 2 is 2.29 bits per heavy atom. The summed E-state index contributed by atoms with van der Waals surface area (Å²) >= 11 is 0. The molecule has 2 aliphatic heterocycles. The summed E-state index contributed by atoms with van der Waals surface area (Å²) in [4.78, 5) is 14.7. The van der Waals surface area contributed by atoms with E-state index in [1.54, 1.807) is 0 Å². The fraction of sp³-hybridized carbons (Fsp3) is 0.611.